The summed E-state index contributed by atoms with van der Waals surface area (Å²) in [4.78, 5) is 10.1. The predicted molar refractivity (Wildman–Crippen MR) is 214 cm³/mol. The largest absolute Gasteiger partial charge is 2.00 e. The van der Waals surface area contributed by atoms with E-state index in [9.17, 15) is 34.5 Å². The minimum Gasteiger partial charge on any atom is -0.418 e. The van der Waals surface area contributed by atoms with Gasteiger partial charge < -0.3 is 44.0 Å². The van der Waals surface area contributed by atoms with E-state index in [2.05, 4.69) is 133 Å². The van der Waals surface area contributed by atoms with Gasteiger partial charge >= 0.3 is 34.9 Å². The number of benzene rings is 2. The van der Waals surface area contributed by atoms with E-state index in [4.69, 9.17) is 19.5 Å². The number of halogens is 8. The maximum Gasteiger partial charge on any atom is 2.00 e. The minimum absolute atomic E-state index is 0. The summed E-state index contributed by atoms with van der Waals surface area (Å²) in [7, 11) is -12.0. The van der Waals surface area contributed by atoms with Crippen LogP contribution in [0.4, 0.5) is 45.9 Å². The van der Waals surface area contributed by atoms with E-state index in [1.807, 2.05) is 0 Å². The zero-order valence-corrected chi connectivity index (χ0v) is 36.9. The Kier molecular flexibility index (Phi) is 23.4. The van der Waals surface area contributed by atoms with Crippen LogP contribution < -0.4 is 0 Å². The molecule has 0 spiro atoms. The fourth-order valence-electron chi connectivity index (χ4n) is 4.65. The Labute approximate surface area is 340 Å². The number of aliphatic imine (C=N–C) groups is 2. The molecule has 15 heteroatoms. The molecule has 0 N–H and O–H groups in total. The molecule has 0 bridgehead atoms. The van der Waals surface area contributed by atoms with Gasteiger partial charge in [-0.3, -0.25) is 9.98 Å². The van der Waals surface area contributed by atoms with Gasteiger partial charge in [0.25, 0.3) is 0 Å². The third kappa shape index (κ3) is 28.1. The second kappa shape index (κ2) is 23.4. The molecule has 2 fully saturated rings. The molecule has 2 saturated heterocycles. The Balaban J connectivity index is 0. The second-order valence-electron chi connectivity index (χ2n) is 17.6. The van der Waals surface area contributed by atoms with Crippen LogP contribution in [0.25, 0.3) is 0 Å². The summed E-state index contributed by atoms with van der Waals surface area (Å²) < 4.78 is 87.9. The first-order chi connectivity index (χ1) is 24.2. The first-order valence-electron chi connectivity index (χ1n) is 18.5. The molecule has 0 amide bonds. The number of hydrogen-bond donors (Lipinski definition) is 0. The molecule has 4 rings (SSSR count). The number of nitrogens with zero attached hydrogens (tertiary/aromatic N) is 2. The van der Waals surface area contributed by atoms with Crippen molar-refractivity contribution < 1.29 is 64.4 Å². The number of ether oxygens (including phenoxy) is 2. The molecule has 2 aliphatic heterocycles. The van der Waals surface area contributed by atoms with Crippen molar-refractivity contribution in [1.29, 1.82) is 0 Å². The zero-order valence-electron chi connectivity index (χ0n) is 35.3. The van der Waals surface area contributed by atoms with E-state index < -0.39 is 14.5 Å². The molecule has 4 nitrogen and oxygen atoms in total. The SMILES string of the molecule is C1CCOC1.C1CCOC1.CC(=Nc1cc(C(C)(C)C)cc(C(C)(C)C)c1)C(C)=Nc1cc(C(C)(C)C)cc(C(C)(C)C)c1.F[B-](F)(F)F.F[B-](F)(F)F.[Pd+2]. The molecular formula is C40H64B2F8N2O2Pd. The molecule has 55 heavy (non-hydrogen) atoms. The van der Waals surface area contributed by atoms with Gasteiger partial charge in [0, 0.05) is 26.4 Å². The van der Waals surface area contributed by atoms with Crippen LogP contribution in [-0.2, 0) is 51.6 Å². The van der Waals surface area contributed by atoms with Crippen LogP contribution in [0.3, 0.4) is 0 Å². The van der Waals surface area contributed by atoms with Crippen LogP contribution >= 0.6 is 0 Å². The molecule has 0 radical (unpaired) electrons. The van der Waals surface area contributed by atoms with Gasteiger partial charge in [0.1, 0.15) is 0 Å². The minimum atomic E-state index is -6.00. The van der Waals surface area contributed by atoms with Gasteiger partial charge in [0.15, 0.2) is 0 Å². The molecule has 0 aliphatic carbocycles. The van der Waals surface area contributed by atoms with Crippen LogP contribution in [0.5, 0.6) is 0 Å². The fourth-order valence-corrected chi connectivity index (χ4v) is 4.65. The predicted octanol–water partition coefficient (Wildman–Crippen LogP) is 14.0. The average molecular weight is 885 g/mol. The second-order valence-corrected chi connectivity index (χ2v) is 17.6. The summed E-state index contributed by atoms with van der Waals surface area (Å²) in [5.74, 6) is 0. The Hall–Kier alpha value is -2.07. The van der Waals surface area contributed by atoms with Crippen molar-refractivity contribution in [3.05, 3.63) is 58.7 Å². The van der Waals surface area contributed by atoms with Crippen molar-refractivity contribution >= 4 is 37.3 Å². The van der Waals surface area contributed by atoms with Crippen LogP contribution in [0.1, 0.15) is 145 Å². The first kappa shape index (κ1) is 55.0. The van der Waals surface area contributed by atoms with Gasteiger partial charge in [-0.05, 0) is 108 Å². The Morgan fingerprint density at radius 1 is 0.436 bits per heavy atom. The molecule has 0 saturated carbocycles. The number of hydrogen-bond acceptors (Lipinski definition) is 4. The van der Waals surface area contributed by atoms with Crippen molar-refractivity contribution in [2.24, 2.45) is 9.98 Å². The van der Waals surface area contributed by atoms with Gasteiger partial charge in [-0.1, -0.05) is 95.2 Å². The van der Waals surface area contributed by atoms with Crippen molar-refractivity contribution in [2.75, 3.05) is 26.4 Å². The molecule has 2 heterocycles. The molecule has 0 unspecified atom stereocenters. The van der Waals surface area contributed by atoms with Crippen molar-refractivity contribution in [3.8, 4) is 0 Å². The average Bonchev–Trinajstić information content (AvgIpc) is 3.73. The Morgan fingerprint density at radius 3 is 0.745 bits per heavy atom. The molecule has 2 aliphatic rings. The number of rotatable bonds is 3. The van der Waals surface area contributed by atoms with Crippen molar-refractivity contribution in [1.82, 2.24) is 0 Å². The Bertz CT molecular complexity index is 1280. The Morgan fingerprint density at radius 2 is 0.618 bits per heavy atom. The summed E-state index contributed by atoms with van der Waals surface area (Å²) in [6.07, 6.45) is 5.11. The van der Waals surface area contributed by atoms with Gasteiger partial charge in [-0.2, -0.15) is 0 Å². The van der Waals surface area contributed by atoms with Gasteiger partial charge in [-0.15, -0.1) is 0 Å². The van der Waals surface area contributed by atoms with Crippen molar-refractivity contribution in [3.63, 3.8) is 0 Å². The van der Waals surface area contributed by atoms with E-state index in [1.165, 1.54) is 47.9 Å². The maximum atomic E-state index is 9.75. The molecule has 318 valence electrons. The monoisotopic (exact) mass is 884 g/mol. The molecular weight excluding hydrogens is 820 g/mol. The first-order valence-corrected chi connectivity index (χ1v) is 18.5. The molecule has 2 aromatic rings. The van der Waals surface area contributed by atoms with Gasteiger partial charge in [0.05, 0.1) is 22.8 Å². The normalized spacial score (nSPS) is 15.5. The summed E-state index contributed by atoms with van der Waals surface area (Å²) >= 11 is 0. The third-order valence-electron chi connectivity index (χ3n) is 8.07. The van der Waals surface area contributed by atoms with Crippen LogP contribution in [-0.4, -0.2) is 52.4 Å². The zero-order chi connectivity index (χ0) is 42.3. The van der Waals surface area contributed by atoms with E-state index in [0.717, 1.165) is 49.2 Å². The molecule has 0 aromatic heterocycles. The standard InChI is InChI=1S/C32H48N2.2C4H8O.2BF4.Pd/c1-21(33-27-17-23(29(3,4)5)15-24(18-27)30(6,7)8)22(2)34-28-19-25(31(9,10)11)16-26(20-28)32(12,13)14;2*1-2-4-5-3-1;2*2-1(3,4)5;/h15-20H,1-14H3;2*1-4H2;;;/q;;;2*-1;+2. The maximum absolute atomic E-state index is 9.75. The quantitative estimate of drug-likeness (QED) is 0.175. The van der Waals surface area contributed by atoms with E-state index in [1.54, 1.807) is 0 Å². The van der Waals surface area contributed by atoms with Gasteiger partial charge in [-0.25, -0.2) is 0 Å². The van der Waals surface area contributed by atoms with Gasteiger partial charge in [0.2, 0.25) is 0 Å². The van der Waals surface area contributed by atoms with E-state index in [-0.39, 0.29) is 42.1 Å². The van der Waals surface area contributed by atoms with Crippen LogP contribution in [0.15, 0.2) is 46.4 Å². The van der Waals surface area contributed by atoms with Crippen LogP contribution in [0.2, 0.25) is 0 Å². The summed E-state index contributed by atoms with van der Waals surface area (Å²) in [6.45, 7) is 35.3. The van der Waals surface area contributed by atoms with Crippen LogP contribution in [0, 0.1) is 0 Å². The summed E-state index contributed by atoms with van der Waals surface area (Å²) in [6, 6.07) is 13.6. The van der Waals surface area contributed by atoms with E-state index in [0.29, 0.717) is 0 Å². The summed E-state index contributed by atoms with van der Waals surface area (Å²) in [5, 5.41) is 0. The van der Waals surface area contributed by atoms with Crippen molar-refractivity contribution in [2.45, 2.75) is 144 Å². The fraction of sp³-hybridized carbons (Fsp3) is 0.650. The smallest absolute Gasteiger partial charge is 0.418 e. The molecule has 2 aromatic carbocycles. The molecule has 0 atom stereocenters. The topological polar surface area (TPSA) is 43.2 Å². The third-order valence-corrected chi connectivity index (χ3v) is 8.07. The van der Waals surface area contributed by atoms with E-state index >= 15 is 0 Å². The summed E-state index contributed by atoms with van der Waals surface area (Å²) in [5.41, 5.74) is 9.43.